The Morgan fingerprint density at radius 1 is 1.69 bits per heavy atom. The highest BCUT2D eigenvalue weighted by molar-refractivity contribution is 7.14. The molecule has 0 amide bonds. The third kappa shape index (κ3) is 1.92. The highest BCUT2D eigenvalue weighted by Crippen LogP contribution is 2.28. The van der Waals surface area contributed by atoms with Crippen molar-refractivity contribution in [2.24, 2.45) is 0 Å². The average molecular weight is 199 g/mol. The zero-order valence-corrected chi connectivity index (χ0v) is 8.18. The number of hydrogen-bond acceptors (Lipinski definition) is 4. The zero-order valence-electron chi connectivity index (χ0n) is 7.36. The van der Waals surface area contributed by atoms with E-state index in [-0.39, 0.29) is 11.5 Å². The summed E-state index contributed by atoms with van der Waals surface area (Å²) in [6, 6.07) is 1.35. The van der Waals surface area contributed by atoms with Crippen LogP contribution in [-0.2, 0) is 0 Å². The highest BCUT2D eigenvalue weighted by atomic mass is 32.1. The fourth-order valence-corrected chi connectivity index (χ4v) is 1.96. The maximum atomic E-state index is 11.2. The van der Waals surface area contributed by atoms with Crippen LogP contribution in [0.15, 0.2) is 6.07 Å². The Morgan fingerprint density at radius 3 is 2.69 bits per heavy atom. The molecule has 13 heavy (non-hydrogen) atoms. The number of Topliss-reactive ketones (excluding diaryl/α,β-unsaturated/α-hetero) is 1. The SMILES string of the molecule is CCC(=O)c1cc([N+](=O)[O-])c(C)s1. The van der Waals surface area contributed by atoms with Gasteiger partial charge in [0.2, 0.25) is 0 Å². The summed E-state index contributed by atoms with van der Waals surface area (Å²) in [4.78, 5) is 22.2. The van der Waals surface area contributed by atoms with E-state index < -0.39 is 4.92 Å². The normalized spacial score (nSPS) is 10.0. The van der Waals surface area contributed by atoms with E-state index in [4.69, 9.17) is 0 Å². The lowest BCUT2D eigenvalue weighted by atomic mass is 10.2. The minimum absolute atomic E-state index is 0.0406. The van der Waals surface area contributed by atoms with Crippen LogP contribution in [-0.4, -0.2) is 10.7 Å². The van der Waals surface area contributed by atoms with Crippen LogP contribution in [0.3, 0.4) is 0 Å². The highest BCUT2D eigenvalue weighted by Gasteiger charge is 2.17. The summed E-state index contributed by atoms with van der Waals surface area (Å²) in [5.41, 5.74) is 0.0433. The van der Waals surface area contributed by atoms with Gasteiger partial charge in [0.1, 0.15) is 0 Å². The second-order valence-electron chi connectivity index (χ2n) is 2.59. The molecule has 1 rings (SSSR count). The van der Waals surface area contributed by atoms with Crippen LogP contribution in [0.25, 0.3) is 0 Å². The van der Waals surface area contributed by atoms with Crippen molar-refractivity contribution in [2.45, 2.75) is 20.3 Å². The van der Waals surface area contributed by atoms with Crippen LogP contribution in [0, 0.1) is 17.0 Å². The number of nitro groups is 1. The number of thiophene rings is 1. The molecule has 0 aromatic carbocycles. The molecular weight excluding hydrogens is 190 g/mol. The van der Waals surface area contributed by atoms with Gasteiger partial charge in [-0.05, 0) is 6.92 Å². The van der Waals surface area contributed by atoms with Gasteiger partial charge in [0.05, 0.1) is 14.7 Å². The molecule has 0 saturated carbocycles. The third-order valence-electron chi connectivity index (χ3n) is 1.68. The average Bonchev–Trinajstić information content (AvgIpc) is 2.46. The first-order chi connectivity index (χ1) is 6.06. The standard InChI is InChI=1S/C8H9NO3S/c1-3-7(10)8-4-6(9(11)12)5(2)13-8/h4H,3H2,1-2H3. The van der Waals surface area contributed by atoms with Crippen LogP contribution in [0.2, 0.25) is 0 Å². The minimum atomic E-state index is -0.460. The minimum Gasteiger partial charge on any atom is -0.293 e. The molecule has 0 N–H and O–H groups in total. The Labute approximate surface area is 79.3 Å². The van der Waals surface area contributed by atoms with E-state index in [0.717, 1.165) is 0 Å². The van der Waals surface area contributed by atoms with Crippen molar-refractivity contribution in [1.82, 2.24) is 0 Å². The number of carbonyl (C=O) groups is 1. The van der Waals surface area contributed by atoms with Gasteiger partial charge in [0.15, 0.2) is 5.78 Å². The molecular formula is C8H9NO3S. The van der Waals surface area contributed by atoms with Crippen molar-refractivity contribution in [3.63, 3.8) is 0 Å². The molecule has 0 aliphatic carbocycles. The molecule has 0 atom stereocenters. The molecule has 1 aromatic heterocycles. The number of hydrogen-bond donors (Lipinski definition) is 0. The molecule has 0 bridgehead atoms. The van der Waals surface area contributed by atoms with Gasteiger partial charge in [-0.2, -0.15) is 0 Å². The summed E-state index contributed by atoms with van der Waals surface area (Å²) < 4.78 is 0. The van der Waals surface area contributed by atoms with Gasteiger partial charge in [0, 0.05) is 12.5 Å². The summed E-state index contributed by atoms with van der Waals surface area (Å²) in [5.74, 6) is -0.0406. The fourth-order valence-electron chi connectivity index (χ4n) is 0.965. The zero-order chi connectivity index (χ0) is 10.0. The monoisotopic (exact) mass is 199 g/mol. The Hall–Kier alpha value is -1.23. The molecule has 1 heterocycles. The molecule has 0 radical (unpaired) electrons. The largest absolute Gasteiger partial charge is 0.293 e. The number of nitrogens with zero attached hydrogens (tertiary/aromatic N) is 1. The van der Waals surface area contributed by atoms with Crippen molar-refractivity contribution in [1.29, 1.82) is 0 Å². The molecule has 0 aliphatic rings. The van der Waals surface area contributed by atoms with E-state index >= 15 is 0 Å². The Balaban J connectivity index is 3.09. The van der Waals surface area contributed by atoms with Crippen LogP contribution < -0.4 is 0 Å². The molecule has 0 fully saturated rings. The fraction of sp³-hybridized carbons (Fsp3) is 0.375. The predicted molar refractivity (Wildman–Crippen MR) is 50.3 cm³/mol. The van der Waals surface area contributed by atoms with Crippen LogP contribution in [0.5, 0.6) is 0 Å². The van der Waals surface area contributed by atoms with Crippen LogP contribution >= 0.6 is 11.3 Å². The Kier molecular flexibility index (Phi) is 2.77. The number of ketones is 1. The predicted octanol–water partition coefficient (Wildman–Crippen LogP) is 2.56. The first-order valence-corrected chi connectivity index (χ1v) is 4.66. The number of rotatable bonds is 3. The second kappa shape index (κ2) is 3.66. The molecule has 0 unspecified atom stereocenters. The first kappa shape index (κ1) is 9.85. The van der Waals surface area contributed by atoms with Crippen molar-refractivity contribution in [2.75, 3.05) is 0 Å². The molecule has 0 aliphatic heterocycles. The van der Waals surface area contributed by atoms with Gasteiger partial charge < -0.3 is 0 Å². The van der Waals surface area contributed by atoms with Gasteiger partial charge in [-0.25, -0.2) is 0 Å². The van der Waals surface area contributed by atoms with Gasteiger partial charge in [-0.15, -0.1) is 11.3 Å². The first-order valence-electron chi connectivity index (χ1n) is 3.84. The summed E-state index contributed by atoms with van der Waals surface area (Å²) in [6.45, 7) is 3.39. The van der Waals surface area contributed by atoms with E-state index in [0.29, 0.717) is 16.2 Å². The lowest BCUT2D eigenvalue weighted by Crippen LogP contribution is -1.91. The van der Waals surface area contributed by atoms with Crippen molar-refractivity contribution in [3.05, 3.63) is 25.9 Å². The van der Waals surface area contributed by atoms with E-state index in [9.17, 15) is 14.9 Å². The molecule has 5 heteroatoms. The van der Waals surface area contributed by atoms with E-state index in [1.54, 1.807) is 13.8 Å². The van der Waals surface area contributed by atoms with Gasteiger partial charge >= 0.3 is 0 Å². The van der Waals surface area contributed by atoms with Gasteiger partial charge in [-0.1, -0.05) is 6.92 Å². The summed E-state index contributed by atoms with van der Waals surface area (Å²) >= 11 is 1.18. The maximum absolute atomic E-state index is 11.2. The quantitative estimate of drug-likeness (QED) is 0.427. The Morgan fingerprint density at radius 2 is 2.31 bits per heavy atom. The van der Waals surface area contributed by atoms with E-state index in [1.165, 1.54) is 17.4 Å². The van der Waals surface area contributed by atoms with Crippen molar-refractivity contribution in [3.8, 4) is 0 Å². The summed E-state index contributed by atoms with van der Waals surface area (Å²) in [6.07, 6.45) is 0.386. The van der Waals surface area contributed by atoms with Crippen LogP contribution in [0.1, 0.15) is 27.9 Å². The van der Waals surface area contributed by atoms with Crippen molar-refractivity contribution >= 4 is 22.8 Å². The van der Waals surface area contributed by atoms with E-state index in [1.807, 2.05) is 0 Å². The van der Waals surface area contributed by atoms with Gasteiger partial charge in [-0.3, -0.25) is 14.9 Å². The van der Waals surface area contributed by atoms with Crippen LogP contribution in [0.4, 0.5) is 5.69 Å². The lowest BCUT2D eigenvalue weighted by molar-refractivity contribution is -0.385. The third-order valence-corrected chi connectivity index (χ3v) is 2.76. The summed E-state index contributed by atoms with van der Waals surface area (Å²) in [5, 5.41) is 10.4. The maximum Gasteiger partial charge on any atom is 0.283 e. The van der Waals surface area contributed by atoms with Crippen molar-refractivity contribution < 1.29 is 9.72 Å². The smallest absolute Gasteiger partial charge is 0.283 e. The number of carbonyl (C=O) groups excluding carboxylic acids is 1. The number of aryl methyl sites for hydroxylation is 1. The Bertz CT molecular complexity index is 356. The molecule has 0 saturated heterocycles. The second-order valence-corrected chi connectivity index (χ2v) is 3.84. The summed E-state index contributed by atoms with van der Waals surface area (Å²) in [7, 11) is 0. The topological polar surface area (TPSA) is 60.2 Å². The van der Waals surface area contributed by atoms with E-state index in [2.05, 4.69) is 0 Å². The lowest BCUT2D eigenvalue weighted by Gasteiger charge is -1.86. The molecule has 70 valence electrons. The van der Waals surface area contributed by atoms with Gasteiger partial charge in [0.25, 0.3) is 5.69 Å². The molecule has 0 spiro atoms. The molecule has 4 nitrogen and oxygen atoms in total. The molecule has 1 aromatic rings.